The van der Waals surface area contributed by atoms with E-state index in [1.165, 1.54) is 0 Å². The van der Waals surface area contributed by atoms with Gasteiger partial charge in [-0.3, -0.25) is 9.59 Å². The third kappa shape index (κ3) is 2.75. The van der Waals surface area contributed by atoms with Crippen LogP contribution in [0.15, 0.2) is 18.2 Å². The highest BCUT2D eigenvalue weighted by atomic mass is 16.5. The summed E-state index contributed by atoms with van der Waals surface area (Å²) in [5, 5.41) is 8.79. The molecule has 2 aliphatic heterocycles. The number of piperidine rings is 1. The number of hydrogen-bond donors (Lipinski definition) is 3. The first-order valence-electron chi connectivity index (χ1n) is 6.83. The van der Waals surface area contributed by atoms with Crippen LogP contribution in [0.1, 0.15) is 19.3 Å². The molecule has 0 radical (unpaired) electrons. The van der Waals surface area contributed by atoms with Gasteiger partial charge in [-0.1, -0.05) is 6.42 Å². The molecule has 1 aromatic carbocycles. The fraction of sp³-hybridized carbons (Fsp3) is 0.429. The summed E-state index contributed by atoms with van der Waals surface area (Å²) in [6.07, 6.45) is 3.04. The van der Waals surface area contributed by atoms with Crippen molar-refractivity contribution in [1.29, 1.82) is 0 Å². The summed E-state index contributed by atoms with van der Waals surface area (Å²) in [4.78, 5) is 23.4. The second-order valence-corrected chi connectivity index (χ2v) is 5.04. The Hall–Kier alpha value is -2.08. The molecule has 0 saturated carbocycles. The summed E-state index contributed by atoms with van der Waals surface area (Å²) in [7, 11) is 0. The van der Waals surface area contributed by atoms with Crippen molar-refractivity contribution >= 4 is 23.2 Å². The van der Waals surface area contributed by atoms with Crippen molar-refractivity contribution in [2.45, 2.75) is 25.3 Å². The monoisotopic (exact) mass is 275 g/mol. The summed E-state index contributed by atoms with van der Waals surface area (Å²) in [6, 6.07) is 5.11. The van der Waals surface area contributed by atoms with E-state index in [2.05, 4.69) is 16.0 Å². The average molecular weight is 275 g/mol. The quantitative estimate of drug-likeness (QED) is 0.755. The normalized spacial score (nSPS) is 21.4. The van der Waals surface area contributed by atoms with Crippen molar-refractivity contribution in [3.05, 3.63) is 18.2 Å². The van der Waals surface area contributed by atoms with Crippen LogP contribution < -0.4 is 20.7 Å². The van der Waals surface area contributed by atoms with Crippen molar-refractivity contribution in [3.8, 4) is 5.75 Å². The predicted molar refractivity (Wildman–Crippen MR) is 74.8 cm³/mol. The number of amides is 2. The Labute approximate surface area is 116 Å². The summed E-state index contributed by atoms with van der Waals surface area (Å²) in [6.45, 7) is 0.914. The standard InChI is InChI=1S/C14H17N3O3/c18-13-8-20-12-5-4-9(7-11(12)17-13)16-14(19)10-3-1-2-6-15-10/h4-5,7,10,15H,1-3,6,8H2,(H,16,19)(H,17,18)/t10-/m1/s1. The van der Waals surface area contributed by atoms with Gasteiger partial charge in [0.1, 0.15) is 5.75 Å². The van der Waals surface area contributed by atoms with Gasteiger partial charge in [0.25, 0.3) is 5.91 Å². The number of carbonyl (C=O) groups excluding carboxylic acids is 2. The zero-order valence-corrected chi connectivity index (χ0v) is 11.1. The van der Waals surface area contributed by atoms with Crippen LogP contribution in [-0.2, 0) is 9.59 Å². The Morgan fingerprint density at radius 3 is 3.05 bits per heavy atom. The first-order valence-corrected chi connectivity index (χ1v) is 6.83. The molecule has 106 valence electrons. The second kappa shape index (κ2) is 5.50. The first-order chi connectivity index (χ1) is 9.72. The van der Waals surface area contributed by atoms with Gasteiger partial charge in [0, 0.05) is 5.69 Å². The van der Waals surface area contributed by atoms with E-state index in [0.29, 0.717) is 17.1 Å². The van der Waals surface area contributed by atoms with E-state index in [0.717, 1.165) is 25.8 Å². The Morgan fingerprint density at radius 1 is 1.35 bits per heavy atom. The highest BCUT2D eigenvalue weighted by Gasteiger charge is 2.21. The summed E-state index contributed by atoms with van der Waals surface area (Å²) in [5.74, 6) is 0.404. The molecule has 0 unspecified atom stereocenters. The van der Waals surface area contributed by atoms with Gasteiger partial charge in [-0.15, -0.1) is 0 Å². The Morgan fingerprint density at radius 2 is 2.25 bits per heavy atom. The molecule has 3 rings (SSSR count). The predicted octanol–water partition coefficient (Wildman–Crippen LogP) is 1.10. The third-order valence-electron chi connectivity index (χ3n) is 3.51. The van der Waals surface area contributed by atoms with Crippen LogP contribution in [0.5, 0.6) is 5.75 Å². The molecule has 1 atom stereocenters. The summed E-state index contributed by atoms with van der Waals surface area (Å²) in [5.41, 5.74) is 1.25. The van der Waals surface area contributed by atoms with Crippen LogP contribution in [0.3, 0.4) is 0 Å². The number of benzene rings is 1. The van der Waals surface area contributed by atoms with Crippen LogP contribution in [0, 0.1) is 0 Å². The van der Waals surface area contributed by atoms with Crippen LogP contribution in [-0.4, -0.2) is 31.0 Å². The first kappa shape index (κ1) is 12.9. The molecule has 20 heavy (non-hydrogen) atoms. The van der Waals surface area contributed by atoms with Crippen LogP contribution >= 0.6 is 0 Å². The van der Waals surface area contributed by atoms with Gasteiger partial charge in [-0.2, -0.15) is 0 Å². The maximum absolute atomic E-state index is 12.1. The number of rotatable bonds is 2. The lowest BCUT2D eigenvalue weighted by atomic mass is 10.0. The smallest absolute Gasteiger partial charge is 0.262 e. The number of hydrogen-bond acceptors (Lipinski definition) is 4. The van der Waals surface area contributed by atoms with Crippen molar-refractivity contribution in [3.63, 3.8) is 0 Å². The molecule has 2 amide bonds. The molecule has 0 aromatic heterocycles. The van der Waals surface area contributed by atoms with Crippen molar-refractivity contribution in [2.75, 3.05) is 23.8 Å². The van der Waals surface area contributed by atoms with Gasteiger partial charge in [-0.25, -0.2) is 0 Å². The van der Waals surface area contributed by atoms with E-state index in [1.54, 1.807) is 18.2 Å². The van der Waals surface area contributed by atoms with Gasteiger partial charge in [0.2, 0.25) is 5.91 Å². The zero-order chi connectivity index (χ0) is 13.9. The Balaban J connectivity index is 1.69. The van der Waals surface area contributed by atoms with Gasteiger partial charge in [-0.05, 0) is 37.6 Å². The van der Waals surface area contributed by atoms with E-state index >= 15 is 0 Å². The number of nitrogens with one attached hydrogen (secondary N) is 3. The fourth-order valence-electron chi connectivity index (χ4n) is 2.47. The number of anilines is 2. The second-order valence-electron chi connectivity index (χ2n) is 5.04. The molecular weight excluding hydrogens is 258 g/mol. The molecule has 1 saturated heterocycles. The maximum Gasteiger partial charge on any atom is 0.262 e. The lowest BCUT2D eigenvalue weighted by Gasteiger charge is -2.23. The molecule has 0 aliphatic carbocycles. The van der Waals surface area contributed by atoms with E-state index in [-0.39, 0.29) is 24.5 Å². The van der Waals surface area contributed by atoms with E-state index in [1.807, 2.05) is 0 Å². The number of ether oxygens (including phenoxy) is 1. The van der Waals surface area contributed by atoms with E-state index in [9.17, 15) is 9.59 Å². The minimum atomic E-state index is -0.185. The molecule has 3 N–H and O–H groups in total. The molecule has 6 heteroatoms. The topological polar surface area (TPSA) is 79.5 Å². The van der Waals surface area contributed by atoms with Crippen molar-refractivity contribution < 1.29 is 14.3 Å². The minimum Gasteiger partial charge on any atom is -0.482 e. The van der Waals surface area contributed by atoms with Gasteiger partial charge in [0.05, 0.1) is 11.7 Å². The van der Waals surface area contributed by atoms with Gasteiger partial charge < -0.3 is 20.7 Å². The largest absolute Gasteiger partial charge is 0.482 e. The van der Waals surface area contributed by atoms with Crippen LogP contribution in [0.2, 0.25) is 0 Å². The molecule has 6 nitrogen and oxygen atoms in total. The van der Waals surface area contributed by atoms with Crippen LogP contribution in [0.4, 0.5) is 11.4 Å². The lowest BCUT2D eigenvalue weighted by molar-refractivity contribution is -0.119. The SMILES string of the molecule is O=C1COc2ccc(NC(=O)[C@H]3CCCCN3)cc2N1. The minimum absolute atomic E-state index is 0.0324. The van der Waals surface area contributed by atoms with Crippen molar-refractivity contribution in [2.24, 2.45) is 0 Å². The van der Waals surface area contributed by atoms with Crippen molar-refractivity contribution in [1.82, 2.24) is 5.32 Å². The molecule has 2 aliphatic rings. The summed E-state index contributed by atoms with van der Waals surface area (Å²) >= 11 is 0. The summed E-state index contributed by atoms with van der Waals surface area (Å²) < 4.78 is 5.27. The Kier molecular flexibility index (Phi) is 3.56. The number of carbonyl (C=O) groups is 2. The van der Waals surface area contributed by atoms with Gasteiger partial charge >= 0.3 is 0 Å². The van der Waals surface area contributed by atoms with E-state index in [4.69, 9.17) is 4.74 Å². The molecule has 0 bridgehead atoms. The van der Waals surface area contributed by atoms with Crippen LogP contribution in [0.25, 0.3) is 0 Å². The highest BCUT2D eigenvalue weighted by Crippen LogP contribution is 2.30. The fourth-order valence-corrected chi connectivity index (χ4v) is 2.47. The van der Waals surface area contributed by atoms with E-state index < -0.39 is 0 Å². The molecule has 0 spiro atoms. The van der Waals surface area contributed by atoms with Gasteiger partial charge in [0.15, 0.2) is 6.61 Å². The Bertz CT molecular complexity index is 538. The molecular formula is C14H17N3O3. The highest BCUT2D eigenvalue weighted by molar-refractivity contribution is 5.98. The third-order valence-corrected chi connectivity index (χ3v) is 3.51. The molecule has 2 heterocycles. The zero-order valence-electron chi connectivity index (χ0n) is 11.1. The molecule has 1 aromatic rings. The molecule has 1 fully saturated rings. The number of fused-ring (bicyclic) bond motifs is 1. The lowest BCUT2D eigenvalue weighted by Crippen LogP contribution is -2.43. The maximum atomic E-state index is 12.1. The average Bonchev–Trinajstić information content (AvgIpc) is 2.47.